The Morgan fingerprint density at radius 1 is 0.266 bits per heavy atom. The van der Waals surface area contributed by atoms with E-state index in [4.69, 9.17) is 4.42 Å². The van der Waals surface area contributed by atoms with Crippen LogP contribution in [0.15, 0.2) is 241 Å². The van der Waals surface area contributed by atoms with Crippen molar-refractivity contribution in [2.24, 2.45) is 0 Å². The Bertz CT molecular complexity index is 3610. The number of anilines is 3. The first-order chi connectivity index (χ1) is 31.7. The second-order valence-electron chi connectivity index (χ2n) is 17.5. The summed E-state index contributed by atoms with van der Waals surface area (Å²) >= 11 is 0. The van der Waals surface area contributed by atoms with E-state index < -0.39 is 10.8 Å². The van der Waals surface area contributed by atoms with Crippen molar-refractivity contribution in [3.05, 3.63) is 281 Å². The van der Waals surface area contributed by atoms with Crippen molar-refractivity contribution in [1.82, 2.24) is 0 Å². The van der Waals surface area contributed by atoms with E-state index in [1.807, 2.05) is 12.1 Å². The standard InChI is InChI=1S/C62H39NO/c1-2-18-42(19-3-1)63(43-20-16-17-40(37-43)41-33-36-60-50(38-41)49-24-7-15-32-59(49)64-60)44-34-35-48-47-23-6-10-27-53(47)62(58(48)39-44)56-30-13-11-28-54(56)61(55-29-12-14-31-57(55)62)51-25-8-4-21-45(51)46-22-5-9-26-52(46)61/h1-39H. The lowest BCUT2D eigenvalue weighted by Gasteiger charge is -2.49. The van der Waals surface area contributed by atoms with Crippen LogP contribution >= 0.6 is 0 Å². The van der Waals surface area contributed by atoms with Crippen molar-refractivity contribution in [1.29, 1.82) is 0 Å². The zero-order valence-electron chi connectivity index (χ0n) is 34.9. The summed E-state index contributed by atoms with van der Waals surface area (Å²) in [6, 6.07) is 87.9. The Kier molecular flexibility index (Phi) is 7.28. The van der Waals surface area contributed by atoms with E-state index in [1.54, 1.807) is 0 Å². The van der Waals surface area contributed by atoms with Crippen molar-refractivity contribution in [3.63, 3.8) is 0 Å². The van der Waals surface area contributed by atoms with Crippen LogP contribution in [0, 0.1) is 0 Å². The molecule has 0 radical (unpaired) electrons. The summed E-state index contributed by atoms with van der Waals surface area (Å²) in [5.74, 6) is 0. The molecular formula is C62H39NO. The molecule has 11 aromatic rings. The summed E-state index contributed by atoms with van der Waals surface area (Å²) in [4.78, 5) is 2.43. The molecule has 0 unspecified atom stereocenters. The van der Waals surface area contributed by atoms with Crippen LogP contribution < -0.4 is 4.90 Å². The number of hydrogen-bond donors (Lipinski definition) is 0. The van der Waals surface area contributed by atoms with Gasteiger partial charge in [0.1, 0.15) is 11.2 Å². The van der Waals surface area contributed by atoms with Gasteiger partial charge in [-0.05, 0) is 132 Å². The molecule has 0 N–H and O–H groups in total. The molecule has 10 aromatic carbocycles. The molecule has 0 amide bonds. The quantitative estimate of drug-likeness (QED) is 0.176. The molecule has 0 atom stereocenters. The second kappa shape index (κ2) is 13.2. The van der Waals surface area contributed by atoms with Gasteiger partial charge < -0.3 is 9.32 Å². The van der Waals surface area contributed by atoms with Gasteiger partial charge in [0.25, 0.3) is 0 Å². The highest BCUT2D eigenvalue weighted by atomic mass is 16.3. The van der Waals surface area contributed by atoms with Gasteiger partial charge in [-0.1, -0.05) is 182 Å². The number of hydrogen-bond acceptors (Lipinski definition) is 2. The first kappa shape index (κ1) is 35.4. The first-order valence-corrected chi connectivity index (χ1v) is 22.3. The van der Waals surface area contributed by atoms with Gasteiger partial charge >= 0.3 is 0 Å². The van der Waals surface area contributed by atoms with E-state index >= 15 is 0 Å². The fraction of sp³-hybridized carbons (Fsp3) is 0.0323. The summed E-state index contributed by atoms with van der Waals surface area (Å²) in [6.07, 6.45) is 0. The Balaban J connectivity index is 1.02. The van der Waals surface area contributed by atoms with E-state index in [1.165, 1.54) is 66.8 Å². The molecule has 2 nitrogen and oxygen atoms in total. The van der Waals surface area contributed by atoms with Crippen LogP contribution in [0.1, 0.15) is 44.5 Å². The van der Waals surface area contributed by atoms with Crippen LogP contribution in [0.2, 0.25) is 0 Å². The van der Waals surface area contributed by atoms with Crippen LogP contribution in [-0.2, 0) is 10.8 Å². The molecule has 1 aromatic heterocycles. The molecule has 0 bridgehead atoms. The lowest BCUT2D eigenvalue weighted by Crippen LogP contribution is -2.43. The third-order valence-electron chi connectivity index (χ3n) is 14.5. The van der Waals surface area contributed by atoms with Gasteiger partial charge in [-0.2, -0.15) is 0 Å². The zero-order chi connectivity index (χ0) is 42.0. The van der Waals surface area contributed by atoms with Gasteiger partial charge in [-0.15, -0.1) is 0 Å². The maximum atomic E-state index is 6.22. The van der Waals surface area contributed by atoms with Crippen molar-refractivity contribution >= 4 is 39.0 Å². The monoisotopic (exact) mass is 813 g/mol. The van der Waals surface area contributed by atoms with Gasteiger partial charge in [0.2, 0.25) is 0 Å². The number of nitrogens with zero attached hydrogens (tertiary/aromatic N) is 1. The van der Waals surface area contributed by atoms with Crippen LogP contribution in [0.3, 0.4) is 0 Å². The SMILES string of the molecule is c1ccc(N(c2cccc(-c3ccc4oc5ccccc5c4c3)c2)c2ccc3c(c2)C2(c4ccccc4-3)c3ccccc3C3(c4ccccc4-c4ccccc43)c3ccccc32)cc1. The molecule has 3 aliphatic carbocycles. The van der Waals surface area contributed by atoms with E-state index in [-0.39, 0.29) is 0 Å². The highest BCUT2D eigenvalue weighted by Gasteiger charge is 2.58. The molecular weight excluding hydrogens is 775 g/mol. The number of benzene rings is 10. The normalized spacial score (nSPS) is 14.2. The molecule has 0 saturated carbocycles. The second-order valence-corrected chi connectivity index (χ2v) is 17.5. The molecule has 0 saturated heterocycles. The predicted molar refractivity (Wildman–Crippen MR) is 262 cm³/mol. The minimum Gasteiger partial charge on any atom is -0.456 e. The van der Waals surface area contributed by atoms with Crippen LogP contribution in [-0.4, -0.2) is 0 Å². The molecule has 2 heteroatoms. The number of furan rings is 1. The summed E-state index contributed by atoms with van der Waals surface area (Å²) in [5.41, 5.74) is 22.2. The summed E-state index contributed by atoms with van der Waals surface area (Å²) < 4.78 is 6.22. The third kappa shape index (κ3) is 4.54. The summed E-state index contributed by atoms with van der Waals surface area (Å²) in [5, 5.41) is 2.26. The maximum Gasteiger partial charge on any atom is 0.135 e. The molecule has 3 aliphatic rings. The Morgan fingerprint density at radius 2 is 0.719 bits per heavy atom. The average molecular weight is 814 g/mol. The molecule has 298 valence electrons. The molecule has 64 heavy (non-hydrogen) atoms. The third-order valence-corrected chi connectivity index (χ3v) is 14.5. The zero-order valence-corrected chi connectivity index (χ0v) is 34.9. The summed E-state index contributed by atoms with van der Waals surface area (Å²) in [6.45, 7) is 0. The van der Waals surface area contributed by atoms with Gasteiger partial charge in [0.05, 0.1) is 10.8 Å². The van der Waals surface area contributed by atoms with Crippen molar-refractivity contribution in [2.45, 2.75) is 10.8 Å². The smallest absolute Gasteiger partial charge is 0.135 e. The minimum absolute atomic E-state index is 0.483. The van der Waals surface area contributed by atoms with E-state index in [2.05, 4.69) is 229 Å². The van der Waals surface area contributed by atoms with Crippen LogP contribution in [0.5, 0.6) is 0 Å². The van der Waals surface area contributed by atoms with Crippen molar-refractivity contribution in [3.8, 4) is 33.4 Å². The number of para-hydroxylation sites is 2. The van der Waals surface area contributed by atoms with Gasteiger partial charge in [0, 0.05) is 27.8 Å². The fourth-order valence-electron chi connectivity index (χ4n) is 12.1. The summed E-state index contributed by atoms with van der Waals surface area (Å²) in [7, 11) is 0. The number of rotatable bonds is 4. The predicted octanol–water partition coefficient (Wildman–Crippen LogP) is 15.8. The Hall–Kier alpha value is -8.20. The van der Waals surface area contributed by atoms with E-state index in [9.17, 15) is 0 Å². The maximum absolute atomic E-state index is 6.22. The number of fused-ring (bicyclic) bond motifs is 19. The lowest BCUT2D eigenvalue weighted by atomic mass is 9.52. The molecule has 0 fully saturated rings. The Labute approximate surface area is 372 Å². The fourth-order valence-corrected chi connectivity index (χ4v) is 12.1. The molecule has 0 aliphatic heterocycles. The highest BCUT2D eigenvalue weighted by molar-refractivity contribution is 6.06. The first-order valence-electron chi connectivity index (χ1n) is 22.3. The van der Waals surface area contributed by atoms with Crippen LogP contribution in [0.25, 0.3) is 55.3 Å². The van der Waals surface area contributed by atoms with Gasteiger partial charge in [-0.3, -0.25) is 0 Å². The van der Waals surface area contributed by atoms with Crippen molar-refractivity contribution < 1.29 is 4.42 Å². The topological polar surface area (TPSA) is 16.4 Å². The largest absolute Gasteiger partial charge is 0.456 e. The van der Waals surface area contributed by atoms with Gasteiger partial charge in [0.15, 0.2) is 0 Å². The van der Waals surface area contributed by atoms with Crippen molar-refractivity contribution in [2.75, 3.05) is 4.90 Å². The Morgan fingerprint density at radius 3 is 1.34 bits per heavy atom. The minimum atomic E-state index is -0.583. The van der Waals surface area contributed by atoms with E-state index in [0.29, 0.717) is 0 Å². The average Bonchev–Trinajstić information content (AvgIpc) is 3.99. The molecule has 1 heterocycles. The molecule has 2 spiro atoms. The lowest BCUT2D eigenvalue weighted by molar-refractivity contribution is 0.633. The highest BCUT2D eigenvalue weighted by Crippen LogP contribution is 2.67. The van der Waals surface area contributed by atoms with Crippen LogP contribution in [0.4, 0.5) is 17.1 Å². The van der Waals surface area contributed by atoms with Gasteiger partial charge in [-0.25, -0.2) is 0 Å². The van der Waals surface area contributed by atoms with E-state index in [0.717, 1.165) is 50.1 Å². The molecule has 14 rings (SSSR count).